The summed E-state index contributed by atoms with van der Waals surface area (Å²) in [6.45, 7) is 1.97. The van der Waals surface area contributed by atoms with Gasteiger partial charge in [0.25, 0.3) is 0 Å². The van der Waals surface area contributed by atoms with Gasteiger partial charge in [-0.25, -0.2) is 0 Å². The standard InChI is InChI=1S/C12H12O5/c1-2-15-12(9-6-4-3-5-7-9)16-10(13)8-11(14)17-12/h3-7H,2,8H2,1H3. The van der Waals surface area contributed by atoms with Crippen LogP contribution in [0.5, 0.6) is 0 Å². The Morgan fingerprint density at radius 2 is 1.76 bits per heavy atom. The van der Waals surface area contributed by atoms with Gasteiger partial charge in [0.1, 0.15) is 6.42 Å². The Morgan fingerprint density at radius 1 is 1.18 bits per heavy atom. The largest absolute Gasteiger partial charge is 0.405 e. The molecule has 90 valence electrons. The smallest absolute Gasteiger partial charge is 0.394 e. The number of hydrogen-bond donors (Lipinski definition) is 0. The molecule has 0 atom stereocenters. The highest BCUT2D eigenvalue weighted by atomic mass is 16.9. The zero-order valence-electron chi connectivity index (χ0n) is 9.34. The van der Waals surface area contributed by atoms with Crippen molar-refractivity contribution in [2.45, 2.75) is 19.3 Å². The molecule has 0 amide bonds. The SMILES string of the molecule is CCOC1(c2ccccc2)OC(=O)CC(=O)O1. The third-order valence-electron chi connectivity index (χ3n) is 2.25. The normalized spacial score (nSPS) is 18.4. The maximum absolute atomic E-state index is 11.3. The summed E-state index contributed by atoms with van der Waals surface area (Å²) < 4.78 is 15.4. The first-order chi connectivity index (χ1) is 8.16. The van der Waals surface area contributed by atoms with Gasteiger partial charge in [0.2, 0.25) is 0 Å². The van der Waals surface area contributed by atoms with Gasteiger partial charge in [-0.3, -0.25) is 9.59 Å². The predicted molar refractivity (Wildman–Crippen MR) is 56.5 cm³/mol. The van der Waals surface area contributed by atoms with Crippen LogP contribution in [0.4, 0.5) is 0 Å². The highest BCUT2D eigenvalue weighted by Crippen LogP contribution is 2.32. The number of carbonyl (C=O) groups excluding carboxylic acids is 2. The molecule has 0 saturated carbocycles. The molecule has 17 heavy (non-hydrogen) atoms. The number of hydrogen-bond acceptors (Lipinski definition) is 5. The molecule has 0 bridgehead atoms. The van der Waals surface area contributed by atoms with Crippen LogP contribution in [0.1, 0.15) is 18.9 Å². The summed E-state index contributed by atoms with van der Waals surface area (Å²) >= 11 is 0. The molecule has 1 heterocycles. The van der Waals surface area contributed by atoms with Crippen LogP contribution in [0.2, 0.25) is 0 Å². The van der Waals surface area contributed by atoms with Gasteiger partial charge in [-0.15, -0.1) is 0 Å². The zero-order chi connectivity index (χ0) is 12.3. The van der Waals surface area contributed by atoms with Crippen LogP contribution in [-0.2, 0) is 29.8 Å². The van der Waals surface area contributed by atoms with Crippen molar-refractivity contribution in [2.24, 2.45) is 0 Å². The molecular weight excluding hydrogens is 224 g/mol. The van der Waals surface area contributed by atoms with Crippen molar-refractivity contribution in [1.29, 1.82) is 0 Å². The van der Waals surface area contributed by atoms with E-state index in [0.29, 0.717) is 5.56 Å². The summed E-state index contributed by atoms with van der Waals surface area (Å²) in [5.41, 5.74) is 0.475. The predicted octanol–water partition coefficient (Wildman–Crippen LogP) is 1.32. The maximum atomic E-state index is 11.3. The molecule has 0 aliphatic carbocycles. The van der Waals surface area contributed by atoms with E-state index < -0.39 is 17.9 Å². The molecule has 5 heteroatoms. The topological polar surface area (TPSA) is 61.8 Å². The van der Waals surface area contributed by atoms with E-state index in [4.69, 9.17) is 14.2 Å². The Balaban J connectivity index is 2.38. The number of esters is 2. The van der Waals surface area contributed by atoms with Crippen LogP contribution in [0, 0.1) is 0 Å². The molecular formula is C12H12O5. The number of ether oxygens (including phenoxy) is 3. The van der Waals surface area contributed by atoms with Crippen LogP contribution < -0.4 is 0 Å². The Morgan fingerprint density at radius 3 is 2.29 bits per heavy atom. The van der Waals surface area contributed by atoms with Gasteiger partial charge in [0, 0.05) is 0 Å². The van der Waals surface area contributed by atoms with Gasteiger partial charge >= 0.3 is 17.9 Å². The summed E-state index contributed by atoms with van der Waals surface area (Å²) in [6.07, 6.45) is -0.387. The van der Waals surface area contributed by atoms with Crippen LogP contribution in [-0.4, -0.2) is 18.5 Å². The Bertz CT molecular complexity index is 410. The fraction of sp³-hybridized carbons (Fsp3) is 0.333. The molecule has 0 spiro atoms. The minimum Gasteiger partial charge on any atom is -0.394 e. The molecule has 0 N–H and O–H groups in total. The van der Waals surface area contributed by atoms with Gasteiger partial charge in [-0.2, -0.15) is 0 Å². The lowest BCUT2D eigenvalue weighted by molar-refractivity contribution is -0.364. The van der Waals surface area contributed by atoms with Gasteiger partial charge in [0.05, 0.1) is 12.2 Å². The third-order valence-corrected chi connectivity index (χ3v) is 2.25. The summed E-state index contributed by atoms with van der Waals surface area (Å²) in [7, 11) is 0. The second kappa shape index (κ2) is 4.55. The van der Waals surface area contributed by atoms with Crippen molar-refractivity contribution < 1.29 is 23.8 Å². The van der Waals surface area contributed by atoms with E-state index in [-0.39, 0.29) is 13.0 Å². The molecule has 1 fully saturated rings. The van der Waals surface area contributed by atoms with E-state index in [2.05, 4.69) is 0 Å². The monoisotopic (exact) mass is 236 g/mol. The lowest BCUT2D eigenvalue weighted by Crippen LogP contribution is -2.45. The Kier molecular flexibility index (Phi) is 3.10. The highest BCUT2D eigenvalue weighted by molar-refractivity contribution is 5.93. The molecule has 1 aliphatic heterocycles. The summed E-state index contributed by atoms with van der Waals surface area (Å²) in [6, 6.07) is 8.62. The van der Waals surface area contributed by atoms with Crippen LogP contribution in [0.25, 0.3) is 0 Å². The fourth-order valence-electron chi connectivity index (χ4n) is 1.60. The Labute approximate surface area is 98.3 Å². The molecule has 2 rings (SSSR count). The summed E-state index contributed by atoms with van der Waals surface area (Å²) in [5.74, 6) is -3.04. The maximum Gasteiger partial charge on any atom is 0.405 e. The van der Waals surface area contributed by atoms with Crippen molar-refractivity contribution in [3.63, 3.8) is 0 Å². The first kappa shape index (κ1) is 11.6. The molecule has 0 aromatic heterocycles. The fourth-order valence-corrected chi connectivity index (χ4v) is 1.60. The van der Waals surface area contributed by atoms with Crippen molar-refractivity contribution in [3.8, 4) is 0 Å². The second-order valence-corrected chi connectivity index (χ2v) is 3.48. The lowest BCUT2D eigenvalue weighted by atomic mass is 10.1. The van der Waals surface area contributed by atoms with E-state index in [9.17, 15) is 9.59 Å². The van der Waals surface area contributed by atoms with Crippen LogP contribution in [0.3, 0.4) is 0 Å². The van der Waals surface area contributed by atoms with E-state index in [1.54, 1.807) is 37.3 Å². The summed E-state index contributed by atoms with van der Waals surface area (Å²) in [4.78, 5) is 22.7. The highest BCUT2D eigenvalue weighted by Gasteiger charge is 2.46. The number of benzene rings is 1. The quantitative estimate of drug-likeness (QED) is 0.585. The molecule has 0 radical (unpaired) electrons. The van der Waals surface area contributed by atoms with E-state index in [1.807, 2.05) is 0 Å². The minimum absolute atomic E-state index is 0.245. The first-order valence-electron chi connectivity index (χ1n) is 5.29. The van der Waals surface area contributed by atoms with Crippen molar-refractivity contribution in [3.05, 3.63) is 35.9 Å². The van der Waals surface area contributed by atoms with Crippen molar-refractivity contribution >= 4 is 11.9 Å². The molecule has 1 aromatic rings. The average Bonchev–Trinajstić information content (AvgIpc) is 2.29. The average molecular weight is 236 g/mol. The molecule has 1 aliphatic rings. The van der Waals surface area contributed by atoms with E-state index in [0.717, 1.165) is 0 Å². The Hall–Kier alpha value is -1.88. The second-order valence-electron chi connectivity index (χ2n) is 3.48. The number of carbonyl (C=O) groups is 2. The lowest BCUT2D eigenvalue weighted by Gasteiger charge is -2.34. The van der Waals surface area contributed by atoms with Gasteiger partial charge in [0.15, 0.2) is 0 Å². The van der Waals surface area contributed by atoms with E-state index >= 15 is 0 Å². The third kappa shape index (κ3) is 2.29. The van der Waals surface area contributed by atoms with Crippen molar-refractivity contribution in [1.82, 2.24) is 0 Å². The van der Waals surface area contributed by atoms with Crippen LogP contribution in [0.15, 0.2) is 30.3 Å². The zero-order valence-corrected chi connectivity index (χ0v) is 9.34. The van der Waals surface area contributed by atoms with Crippen LogP contribution >= 0.6 is 0 Å². The number of cyclic esters (lactones) is 2. The van der Waals surface area contributed by atoms with E-state index in [1.165, 1.54) is 0 Å². The molecule has 0 unspecified atom stereocenters. The molecule has 5 nitrogen and oxygen atoms in total. The molecule has 1 aromatic carbocycles. The van der Waals surface area contributed by atoms with Gasteiger partial charge in [-0.05, 0) is 19.1 Å². The van der Waals surface area contributed by atoms with Gasteiger partial charge in [-0.1, -0.05) is 18.2 Å². The minimum atomic E-state index is -1.73. The first-order valence-corrected chi connectivity index (χ1v) is 5.29. The summed E-state index contributed by atoms with van der Waals surface area (Å²) in [5, 5.41) is 0. The van der Waals surface area contributed by atoms with Crippen molar-refractivity contribution in [2.75, 3.05) is 6.61 Å². The van der Waals surface area contributed by atoms with Gasteiger partial charge < -0.3 is 14.2 Å². The number of rotatable bonds is 3. The molecule has 1 saturated heterocycles.